The molecular weight excluding hydrogens is 378 g/mol. The van der Waals surface area contributed by atoms with E-state index < -0.39 is 22.5 Å². The van der Waals surface area contributed by atoms with Gasteiger partial charge in [0.1, 0.15) is 0 Å². The summed E-state index contributed by atoms with van der Waals surface area (Å²) >= 11 is 0. The van der Waals surface area contributed by atoms with E-state index in [9.17, 15) is 18.0 Å². The van der Waals surface area contributed by atoms with Crippen LogP contribution in [-0.2, 0) is 32.5 Å². The van der Waals surface area contributed by atoms with Crippen molar-refractivity contribution in [3.63, 3.8) is 0 Å². The van der Waals surface area contributed by atoms with Crippen LogP contribution in [0.15, 0.2) is 47.4 Å². The molecule has 0 heterocycles. The highest BCUT2D eigenvalue weighted by Gasteiger charge is 2.16. The van der Waals surface area contributed by atoms with E-state index >= 15 is 0 Å². The Hall–Kier alpha value is -2.71. The molecule has 0 saturated carbocycles. The van der Waals surface area contributed by atoms with Crippen LogP contribution in [0, 0.1) is 6.92 Å². The molecule has 0 radical (unpaired) electrons. The van der Waals surface area contributed by atoms with Gasteiger partial charge in [-0.1, -0.05) is 23.8 Å². The maximum atomic E-state index is 12.1. The third kappa shape index (κ3) is 5.17. The molecule has 0 spiro atoms. The average Bonchev–Trinajstić information content (AvgIpc) is 3.13. The molecule has 2 amide bonds. The summed E-state index contributed by atoms with van der Waals surface area (Å²) in [6, 6.07) is 12.1. The third-order valence-corrected chi connectivity index (χ3v) is 6.00. The summed E-state index contributed by atoms with van der Waals surface area (Å²) in [6.45, 7) is 1.18. The zero-order valence-electron chi connectivity index (χ0n) is 15.6. The Kier molecular flexibility index (Phi) is 6.11. The zero-order valence-corrected chi connectivity index (χ0v) is 16.4. The number of sulfonamides is 1. The molecule has 0 saturated heterocycles. The minimum atomic E-state index is -3.78. The van der Waals surface area contributed by atoms with E-state index in [-0.39, 0.29) is 17.3 Å². The molecule has 8 heteroatoms. The number of hydrogen-bond donors (Lipinski definition) is 3. The lowest BCUT2D eigenvalue weighted by molar-refractivity contribution is -0.123. The van der Waals surface area contributed by atoms with Crippen LogP contribution >= 0.6 is 0 Å². The number of amides is 2. The van der Waals surface area contributed by atoms with Crippen LogP contribution in [0.5, 0.6) is 0 Å². The SMILES string of the molecule is Cc1ccc(S(=O)(=O)NCC(=O)NCC(=O)Nc2ccc3c(c2)CCC3)cc1. The van der Waals surface area contributed by atoms with Gasteiger partial charge in [0, 0.05) is 5.69 Å². The topological polar surface area (TPSA) is 104 Å². The van der Waals surface area contributed by atoms with Crippen molar-refractivity contribution in [1.82, 2.24) is 10.0 Å². The molecule has 2 aromatic rings. The molecule has 0 bridgehead atoms. The number of rotatable bonds is 7. The van der Waals surface area contributed by atoms with Gasteiger partial charge >= 0.3 is 0 Å². The number of carbonyl (C=O) groups excluding carboxylic acids is 2. The third-order valence-electron chi connectivity index (χ3n) is 4.58. The molecule has 0 unspecified atom stereocenters. The van der Waals surface area contributed by atoms with Gasteiger partial charge in [0.05, 0.1) is 18.0 Å². The molecule has 3 N–H and O–H groups in total. The zero-order chi connectivity index (χ0) is 20.1. The quantitative estimate of drug-likeness (QED) is 0.654. The second kappa shape index (κ2) is 8.53. The van der Waals surface area contributed by atoms with Crippen molar-refractivity contribution >= 4 is 27.5 Å². The normalized spacial score (nSPS) is 13.0. The first kappa shape index (κ1) is 20.0. The minimum Gasteiger partial charge on any atom is -0.346 e. The maximum Gasteiger partial charge on any atom is 0.243 e. The highest BCUT2D eigenvalue weighted by atomic mass is 32.2. The van der Waals surface area contributed by atoms with Crippen molar-refractivity contribution in [2.24, 2.45) is 0 Å². The highest BCUT2D eigenvalue weighted by molar-refractivity contribution is 7.89. The van der Waals surface area contributed by atoms with E-state index in [0.717, 1.165) is 24.8 Å². The first-order chi connectivity index (χ1) is 13.3. The van der Waals surface area contributed by atoms with E-state index in [1.165, 1.54) is 23.3 Å². The molecule has 7 nitrogen and oxygen atoms in total. The number of fused-ring (bicyclic) bond motifs is 1. The molecule has 148 valence electrons. The minimum absolute atomic E-state index is 0.0836. The highest BCUT2D eigenvalue weighted by Crippen LogP contribution is 2.24. The van der Waals surface area contributed by atoms with E-state index in [1.807, 2.05) is 25.1 Å². The van der Waals surface area contributed by atoms with Crippen molar-refractivity contribution in [3.8, 4) is 0 Å². The average molecular weight is 401 g/mol. The van der Waals surface area contributed by atoms with E-state index in [4.69, 9.17) is 0 Å². The van der Waals surface area contributed by atoms with Gasteiger partial charge in [-0.15, -0.1) is 0 Å². The van der Waals surface area contributed by atoms with Crippen LogP contribution in [-0.4, -0.2) is 33.3 Å². The lowest BCUT2D eigenvalue weighted by Crippen LogP contribution is -2.40. The molecule has 0 atom stereocenters. The fourth-order valence-corrected chi connectivity index (χ4v) is 4.04. The van der Waals surface area contributed by atoms with Crippen molar-refractivity contribution in [2.45, 2.75) is 31.1 Å². The van der Waals surface area contributed by atoms with Crippen molar-refractivity contribution in [3.05, 3.63) is 59.2 Å². The summed E-state index contributed by atoms with van der Waals surface area (Å²) in [7, 11) is -3.78. The lowest BCUT2D eigenvalue weighted by Gasteiger charge is -2.10. The number of nitrogens with one attached hydrogen (secondary N) is 3. The smallest absolute Gasteiger partial charge is 0.243 e. The first-order valence-electron chi connectivity index (χ1n) is 9.08. The Morgan fingerprint density at radius 2 is 1.64 bits per heavy atom. The predicted molar refractivity (Wildman–Crippen MR) is 106 cm³/mol. The van der Waals surface area contributed by atoms with Crippen LogP contribution < -0.4 is 15.4 Å². The summed E-state index contributed by atoms with van der Waals surface area (Å²) in [6.07, 6.45) is 3.20. The first-order valence-corrected chi connectivity index (χ1v) is 10.6. The molecule has 0 aliphatic heterocycles. The van der Waals surface area contributed by atoms with Crippen LogP contribution in [0.1, 0.15) is 23.1 Å². The number of aryl methyl sites for hydroxylation is 3. The molecule has 0 aromatic heterocycles. The number of anilines is 1. The van der Waals surface area contributed by atoms with Crippen LogP contribution in [0.2, 0.25) is 0 Å². The van der Waals surface area contributed by atoms with Gasteiger partial charge in [-0.3, -0.25) is 9.59 Å². The van der Waals surface area contributed by atoms with Gasteiger partial charge < -0.3 is 10.6 Å². The van der Waals surface area contributed by atoms with Crippen LogP contribution in [0.25, 0.3) is 0 Å². The van der Waals surface area contributed by atoms with E-state index in [0.29, 0.717) is 5.69 Å². The second-order valence-electron chi connectivity index (χ2n) is 6.80. The van der Waals surface area contributed by atoms with Gasteiger partial charge in [-0.25, -0.2) is 13.1 Å². The number of hydrogen-bond acceptors (Lipinski definition) is 4. The Labute approximate surface area is 164 Å². The largest absolute Gasteiger partial charge is 0.346 e. The van der Waals surface area contributed by atoms with Gasteiger partial charge in [0.2, 0.25) is 21.8 Å². The summed E-state index contributed by atoms with van der Waals surface area (Å²) in [5, 5.41) is 5.15. The maximum absolute atomic E-state index is 12.1. The molecule has 28 heavy (non-hydrogen) atoms. The van der Waals surface area contributed by atoms with Crippen molar-refractivity contribution in [1.29, 1.82) is 0 Å². The fraction of sp³-hybridized carbons (Fsp3) is 0.300. The molecule has 0 fully saturated rings. The van der Waals surface area contributed by atoms with E-state index in [1.54, 1.807) is 12.1 Å². The van der Waals surface area contributed by atoms with Gasteiger partial charge in [-0.05, 0) is 61.6 Å². The Morgan fingerprint density at radius 3 is 2.39 bits per heavy atom. The van der Waals surface area contributed by atoms with Gasteiger partial charge in [0.25, 0.3) is 0 Å². The Bertz CT molecular complexity index is 985. The van der Waals surface area contributed by atoms with Crippen LogP contribution in [0.4, 0.5) is 5.69 Å². The second-order valence-corrected chi connectivity index (χ2v) is 8.57. The molecule has 3 rings (SSSR count). The summed E-state index contributed by atoms with van der Waals surface area (Å²) in [4.78, 5) is 24.0. The van der Waals surface area contributed by atoms with Gasteiger partial charge in [-0.2, -0.15) is 0 Å². The van der Waals surface area contributed by atoms with Gasteiger partial charge in [0.15, 0.2) is 0 Å². The molecule has 1 aliphatic carbocycles. The van der Waals surface area contributed by atoms with Crippen molar-refractivity contribution < 1.29 is 18.0 Å². The summed E-state index contributed by atoms with van der Waals surface area (Å²) in [5.41, 5.74) is 4.19. The Morgan fingerprint density at radius 1 is 0.929 bits per heavy atom. The molecular formula is C20H23N3O4S. The fourth-order valence-electron chi connectivity index (χ4n) is 3.06. The number of benzene rings is 2. The molecule has 2 aromatic carbocycles. The van der Waals surface area contributed by atoms with E-state index in [2.05, 4.69) is 15.4 Å². The lowest BCUT2D eigenvalue weighted by atomic mass is 10.1. The predicted octanol–water partition coefficient (Wildman–Crippen LogP) is 1.52. The monoisotopic (exact) mass is 401 g/mol. The Balaban J connectivity index is 1.45. The summed E-state index contributed by atoms with van der Waals surface area (Å²) in [5.74, 6) is -0.951. The standard InChI is InChI=1S/C20H23N3O4S/c1-14-5-9-18(10-6-14)28(26,27)22-13-19(24)21-12-20(25)23-17-8-7-15-3-2-4-16(15)11-17/h5-11,22H,2-4,12-13H2,1H3,(H,21,24)(H,23,25). The summed E-state index contributed by atoms with van der Waals surface area (Å²) < 4.78 is 26.5. The number of carbonyl (C=O) groups is 2. The van der Waals surface area contributed by atoms with Crippen molar-refractivity contribution in [2.75, 3.05) is 18.4 Å². The molecule has 1 aliphatic rings. The van der Waals surface area contributed by atoms with Crippen LogP contribution in [0.3, 0.4) is 0 Å².